The quantitative estimate of drug-likeness (QED) is 0.0953. The van der Waals surface area contributed by atoms with Crippen LogP contribution in [-0.2, 0) is 35.3 Å². The van der Waals surface area contributed by atoms with E-state index in [1.54, 1.807) is 0 Å². The van der Waals surface area contributed by atoms with Crippen molar-refractivity contribution in [2.24, 2.45) is 0 Å². The van der Waals surface area contributed by atoms with Gasteiger partial charge in [0, 0.05) is 47.0 Å². The molecule has 0 unspecified atom stereocenters. The van der Waals surface area contributed by atoms with Crippen LogP contribution in [0.25, 0.3) is 22.3 Å². The van der Waals surface area contributed by atoms with Gasteiger partial charge in [0.05, 0.1) is 0 Å². The van der Waals surface area contributed by atoms with E-state index in [2.05, 4.69) is 180 Å². The fourth-order valence-corrected chi connectivity index (χ4v) is 7.80. The van der Waals surface area contributed by atoms with Gasteiger partial charge in [0.2, 0.25) is 0 Å². The average Bonchev–Trinajstić information content (AvgIpc) is 3.32. The molecule has 62 heavy (non-hydrogen) atoms. The lowest BCUT2D eigenvalue weighted by Gasteiger charge is -2.26. The first-order chi connectivity index (χ1) is 30.4. The number of benzene rings is 8. The van der Waals surface area contributed by atoms with E-state index in [0.717, 1.165) is 69.2 Å². The number of hydrogen-bond acceptors (Lipinski definition) is 4. The standard InChI is InChI=1S/C56H48N2O4/c59-55(60)39-21-43-17-31-51(32-18-43)57(53-35-23-47(24-36-53)45-7-3-1-4-8-45)49-27-13-41(14-28-49)11-12-42-15-29-50(30-16-42)58(52-33-19-44(20-34-52)22-40-56(61)62)54-37-25-48(26-38-54)46-9-5-2-6-10-46/h1-10,13-20,23-38H,11-12,21-22,39-40H2,(H,59,60)(H,61,62). The first-order valence-corrected chi connectivity index (χ1v) is 21.1. The molecule has 0 saturated heterocycles. The molecule has 6 nitrogen and oxygen atoms in total. The number of rotatable bonds is 17. The van der Waals surface area contributed by atoms with Gasteiger partial charge in [0.15, 0.2) is 0 Å². The first kappa shape index (κ1) is 41.1. The van der Waals surface area contributed by atoms with E-state index in [-0.39, 0.29) is 12.8 Å². The largest absolute Gasteiger partial charge is 0.481 e. The zero-order chi connectivity index (χ0) is 42.7. The van der Waals surface area contributed by atoms with Crippen molar-refractivity contribution in [2.75, 3.05) is 9.80 Å². The minimum Gasteiger partial charge on any atom is -0.481 e. The Kier molecular flexibility index (Phi) is 13.0. The number of carboxylic acid groups (broad SMARTS) is 2. The summed E-state index contributed by atoms with van der Waals surface area (Å²) >= 11 is 0. The summed E-state index contributed by atoms with van der Waals surface area (Å²) < 4.78 is 0. The predicted octanol–water partition coefficient (Wildman–Crippen LogP) is 13.8. The smallest absolute Gasteiger partial charge is 0.303 e. The van der Waals surface area contributed by atoms with Crippen LogP contribution in [0, 0.1) is 0 Å². The molecule has 0 aliphatic carbocycles. The van der Waals surface area contributed by atoms with Crippen molar-refractivity contribution in [3.8, 4) is 22.3 Å². The van der Waals surface area contributed by atoms with Crippen LogP contribution in [0.5, 0.6) is 0 Å². The average molecular weight is 813 g/mol. The predicted molar refractivity (Wildman–Crippen MR) is 252 cm³/mol. The summed E-state index contributed by atoms with van der Waals surface area (Å²) in [4.78, 5) is 26.9. The van der Waals surface area contributed by atoms with Crippen molar-refractivity contribution < 1.29 is 19.8 Å². The van der Waals surface area contributed by atoms with Crippen LogP contribution in [0.4, 0.5) is 34.1 Å². The van der Waals surface area contributed by atoms with Crippen molar-refractivity contribution in [3.63, 3.8) is 0 Å². The second-order valence-electron chi connectivity index (χ2n) is 15.4. The molecule has 306 valence electrons. The second-order valence-corrected chi connectivity index (χ2v) is 15.4. The van der Waals surface area contributed by atoms with Crippen LogP contribution >= 0.6 is 0 Å². The van der Waals surface area contributed by atoms with Gasteiger partial charge < -0.3 is 20.0 Å². The lowest BCUT2D eigenvalue weighted by atomic mass is 10.0. The Morgan fingerprint density at radius 1 is 0.290 bits per heavy atom. The van der Waals surface area contributed by atoms with E-state index in [1.807, 2.05) is 36.4 Å². The summed E-state index contributed by atoms with van der Waals surface area (Å²) in [5.74, 6) is -1.59. The van der Waals surface area contributed by atoms with Gasteiger partial charge in [-0.15, -0.1) is 0 Å². The van der Waals surface area contributed by atoms with E-state index in [4.69, 9.17) is 0 Å². The van der Waals surface area contributed by atoms with E-state index in [1.165, 1.54) is 22.3 Å². The van der Waals surface area contributed by atoms with Crippen LogP contribution in [0.1, 0.15) is 35.1 Å². The Hall–Kier alpha value is -7.70. The van der Waals surface area contributed by atoms with Gasteiger partial charge in [-0.2, -0.15) is 0 Å². The maximum absolute atomic E-state index is 11.2. The van der Waals surface area contributed by atoms with E-state index >= 15 is 0 Å². The van der Waals surface area contributed by atoms with Crippen LogP contribution < -0.4 is 9.80 Å². The summed E-state index contributed by atoms with van der Waals surface area (Å²) in [7, 11) is 0. The lowest BCUT2D eigenvalue weighted by Crippen LogP contribution is -2.10. The molecule has 8 aromatic rings. The number of hydrogen-bond donors (Lipinski definition) is 2. The highest BCUT2D eigenvalue weighted by Gasteiger charge is 2.16. The summed E-state index contributed by atoms with van der Waals surface area (Å²) in [6.07, 6.45) is 2.95. The van der Waals surface area contributed by atoms with Crippen molar-refractivity contribution in [2.45, 2.75) is 38.5 Å². The molecule has 0 radical (unpaired) electrons. The normalized spacial score (nSPS) is 10.9. The van der Waals surface area contributed by atoms with E-state index in [9.17, 15) is 19.8 Å². The Balaban J connectivity index is 0.998. The zero-order valence-electron chi connectivity index (χ0n) is 34.5. The second kappa shape index (κ2) is 19.6. The van der Waals surface area contributed by atoms with Crippen LogP contribution in [0.15, 0.2) is 206 Å². The third kappa shape index (κ3) is 10.4. The highest BCUT2D eigenvalue weighted by Crippen LogP contribution is 2.38. The monoisotopic (exact) mass is 812 g/mol. The van der Waals surface area contributed by atoms with Gasteiger partial charge in [0.1, 0.15) is 0 Å². The molecule has 6 heteroatoms. The van der Waals surface area contributed by atoms with Crippen molar-refractivity contribution in [1.82, 2.24) is 0 Å². The highest BCUT2D eigenvalue weighted by atomic mass is 16.4. The Morgan fingerprint density at radius 3 is 0.774 bits per heavy atom. The summed E-state index contributed by atoms with van der Waals surface area (Å²) in [6, 6.07) is 71.8. The maximum Gasteiger partial charge on any atom is 0.303 e. The molecule has 0 saturated carbocycles. The minimum atomic E-state index is -0.797. The number of carboxylic acids is 2. The van der Waals surface area contributed by atoms with Gasteiger partial charge in [-0.1, -0.05) is 133 Å². The molecule has 0 aromatic heterocycles. The third-order valence-corrected chi connectivity index (χ3v) is 11.2. The van der Waals surface area contributed by atoms with Crippen molar-refractivity contribution >= 4 is 46.1 Å². The molecule has 0 aliphatic heterocycles. The molecule has 0 spiro atoms. The molecule has 0 bridgehead atoms. The van der Waals surface area contributed by atoms with Crippen LogP contribution in [0.2, 0.25) is 0 Å². The molecule has 0 amide bonds. The van der Waals surface area contributed by atoms with Gasteiger partial charge in [-0.05, 0) is 143 Å². The van der Waals surface area contributed by atoms with E-state index in [0.29, 0.717) is 12.8 Å². The number of carbonyl (C=O) groups is 2. The molecule has 2 N–H and O–H groups in total. The Labute approximate surface area is 363 Å². The number of anilines is 6. The summed E-state index contributed by atoms with van der Waals surface area (Å²) in [5, 5.41) is 18.4. The Bertz CT molecular complexity index is 2490. The fraction of sp³-hybridized carbons (Fsp3) is 0.107. The summed E-state index contributed by atoms with van der Waals surface area (Å²) in [5.41, 5.74) is 15.2. The molecular weight excluding hydrogens is 765 g/mol. The van der Waals surface area contributed by atoms with Crippen molar-refractivity contribution in [3.05, 3.63) is 229 Å². The van der Waals surface area contributed by atoms with Gasteiger partial charge in [0.25, 0.3) is 0 Å². The minimum absolute atomic E-state index is 0.102. The highest BCUT2D eigenvalue weighted by molar-refractivity contribution is 5.80. The zero-order valence-corrected chi connectivity index (χ0v) is 34.5. The number of aryl methyl sites for hydroxylation is 4. The van der Waals surface area contributed by atoms with Crippen LogP contribution in [-0.4, -0.2) is 22.2 Å². The SMILES string of the molecule is O=C(O)CCc1ccc(N(c2ccc(CCc3ccc(N(c4ccc(CCC(=O)O)cc4)c4ccc(-c5ccccc5)cc4)cc3)cc2)c2ccc(-c3ccccc3)cc2)cc1. The van der Waals surface area contributed by atoms with Crippen LogP contribution in [0.3, 0.4) is 0 Å². The fourth-order valence-electron chi connectivity index (χ4n) is 7.80. The van der Waals surface area contributed by atoms with Gasteiger partial charge in [-0.3, -0.25) is 9.59 Å². The number of nitrogens with zero attached hydrogens (tertiary/aromatic N) is 2. The molecule has 0 atom stereocenters. The number of aliphatic carboxylic acids is 2. The molecule has 8 aromatic carbocycles. The lowest BCUT2D eigenvalue weighted by molar-refractivity contribution is -0.138. The topological polar surface area (TPSA) is 81.1 Å². The Morgan fingerprint density at radius 2 is 0.516 bits per heavy atom. The van der Waals surface area contributed by atoms with Crippen molar-refractivity contribution in [1.29, 1.82) is 0 Å². The first-order valence-electron chi connectivity index (χ1n) is 21.1. The molecule has 8 rings (SSSR count). The van der Waals surface area contributed by atoms with Gasteiger partial charge >= 0.3 is 11.9 Å². The molecule has 0 fully saturated rings. The molecule has 0 heterocycles. The molecular formula is C56H48N2O4. The summed E-state index contributed by atoms with van der Waals surface area (Å²) in [6.45, 7) is 0. The van der Waals surface area contributed by atoms with E-state index < -0.39 is 11.9 Å². The third-order valence-electron chi connectivity index (χ3n) is 11.2. The molecule has 0 aliphatic rings. The van der Waals surface area contributed by atoms with Gasteiger partial charge in [-0.25, -0.2) is 0 Å². The maximum atomic E-state index is 11.2.